The SMILES string of the molecule is NC(=S)NNCc1cc(F)c(N2CCCN(Cc3ccc(F)cc3)CC2)cc1F. The van der Waals surface area contributed by atoms with Crippen molar-refractivity contribution in [2.75, 3.05) is 31.1 Å². The number of hydrogen-bond acceptors (Lipinski definition) is 4. The lowest BCUT2D eigenvalue weighted by molar-refractivity contribution is 0.285. The molecule has 0 aromatic heterocycles. The van der Waals surface area contributed by atoms with E-state index in [9.17, 15) is 13.2 Å². The van der Waals surface area contributed by atoms with Crippen LogP contribution < -0.4 is 21.5 Å². The van der Waals surface area contributed by atoms with Crippen molar-refractivity contribution < 1.29 is 13.2 Å². The molecule has 1 heterocycles. The summed E-state index contributed by atoms with van der Waals surface area (Å²) >= 11 is 4.65. The number of hydrogen-bond donors (Lipinski definition) is 3. The third-order valence-electron chi connectivity index (χ3n) is 4.85. The van der Waals surface area contributed by atoms with Crippen LogP contribution in [0.2, 0.25) is 0 Å². The molecule has 4 N–H and O–H groups in total. The molecule has 29 heavy (non-hydrogen) atoms. The van der Waals surface area contributed by atoms with Gasteiger partial charge in [-0.25, -0.2) is 18.6 Å². The third kappa shape index (κ3) is 6.06. The zero-order chi connectivity index (χ0) is 20.8. The van der Waals surface area contributed by atoms with E-state index in [1.807, 2.05) is 4.90 Å². The van der Waals surface area contributed by atoms with Gasteiger partial charge in [-0.05, 0) is 42.4 Å². The maximum atomic E-state index is 14.7. The third-order valence-corrected chi connectivity index (χ3v) is 4.96. The van der Waals surface area contributed by atoms with E-state index in [0.29, 0.717) is 26.2 Å². The molecule has 0 saturated carbocycles. The highest BCUT2D eigenvalue weighted by atomic mass is 32.1. The molecular weight excluding hydrogens is 399 g/mol. The molecule has 3 rings (SSSR count). The van der Waals surface area contributed by atoms with Gasteiger partial charge in [0.05, 0.1) is 5.69 Å². The van der Waals surface area contributed by atoms with Gasteiger partial charge in [-0.1, -0.05) is 12.1 Å². The molecule has 0 unspecified atom stereocenters. The molecule has 2 aromatic carbocycles. The molecule has 0 atom stereocenters. The summed E-state index contributed by atoms with van der Waals surface area (Å²) in [6, 6.07) is 8.87. The lowest BCUT2D eigenvalue weighted by atomic mass is 10.1. The smallest absolute Gasteiger partial charge is 0.178 e. The summed E-state index contributed by atoms with van der Waals surface area (Å²) in [5.41, 5.74) is 11.9. The summed E-state index contributed by atoms with van der Waals surface area (Å²) in [6.07, 6.45) is 0.823. The van der Waals surface area contributed by atoms with Gasteiger partial charge >= 0.3 is 0 Å². The highest BCUT2D eigenvalue weighted by Gasteiger charge is 2.20. The molecule has 1 saturated heterocycles. The average molecular weight is 424 g/mol. The van der Waals surface area contributed by atoms with E-state index in [4.69, 9.17) is 5.73 Å². The number of nitrogens with one attached hydrogen (secondary N) is 2. The Balaban J connectivity index is 1.62. The number of rotatable bonds is 6. The zero-order valence-electron chi connectivity index (χ0n) is 15.9. The van der Waals surface area contributed by atoms with Crippen molar-refractivity contribution in [2.45, 2.75) is 19.5 Å². The Morgan fingerprint density at radius 2 is 1.76 bits per heavy atom. The van der Waals surface area contributed by atoms with Crippen molar-refractivity contribution in [1.29, 1.82) is 0 Å². The number of halogens is 3. The quantitative estimate of drug-likeness (QED) is 0.491. The van der Waals surface area contributed by atoms with Gasteiger partial charge in [0.25, 0.3) is 0 Å². The van der Waals surface area contributed by atoms with Crippen LogP contribution in [-0.2, 0) is 13.1 Å². The molecule has 1 fully saturated rings. The maximum Gasteiger partial charge on any atom is 0.178 e. The van der Waals surface area contributed by atoms with Crippen molar-refractivity contribution in [3.63, 3.8) is 0 Å². The van der Waals surface area contributed by atoms with Gasteiger partial charge in [-0.15, -0.1) is 0 Å². The Labute approximate surface area is 173 Å². The molecule has 0 spiro atoms. The molecular formula is C20H24F3N5S. The van der Waals surface area contributed by atoms with Crippen molar-refractivity contribution in [3.8, 4) is 0 Å². The monoisotopic (exact) mass is 423 g/mol. The van der Waals surface area contributed by atoms with Gasteiger partial charge in [-0.2, -0.15) is 0 Å². The van der Waals surface area contributed by atoms with E-state index in [2.05, 4.69) is 28.0 Å². The topological polar surface area (TPSA) is 56.6 Å². The second kappa shape index (κ2) is 9.91. The fourth-order valence-electron chi connectivity index (χ4n) is 3.40. The first-order chi connectivity index (χ1) is 13.9. The van der Waals surface area contributed by atoms with Gasteiger partial charge < -0.3 is 10.6 Å². The first-order valence-corrected chi connectivity index (χ1v) is 9.81. The minimum Gasteiger partial charge on any atom is -0.375 e. The van der Waals surface area contributed by atoms with Crippen LogP contribution in [0.3, 0.4) is 0 Å². The number of nitrogens with two attached hydrogens (primary N) is 1. The summed E-state index contributed by atoms with van der Waals surface area (Å²) in [4.78, 5) is 4.11. The van der Waals surface area contributed by atoms with Crippen LogP contribution in [-0.4, -0.2) is 36.2 Å². The van der Waals surface area contributed by atoms with Crippen LogP contribution in [0.25, 0.3) is 0 Å². The van der Waals surface area contributed by atoms with E-state index in [0.717, 1.165) is 18.5 Å². The second-order valence-corrected chi connectivity index (χ2v) is 7.42. The highest BCUT2D eigenvalue weighted by Crippen LogP contribution is 2.25. The van der Waals surface area contributed by atoms with Crippen LogP contribution in [0.4, 0.5) is 18.9 Å². The second-order valence-electron chi connectivity index (χ2n) is 6.98. The minimum atomic E-state index is -0.494. The van der Waals surface area contributed by atoms with Crippen LogP contribution in [0.5, 0.6) is 0 Å². The summed E-state index contributed by atoms with van der Waals surface area (Å²) in [5, 5.41) is 0.0252. The van der Waals surface area contributed by atoms with E-state index in [-0.39, 0.29) is 28.7 Å². The van der Waals surface area contributed by atoms with E-state index in [1.54, 1.807) is 12.1 Å². The summed E-state index contributed by atoms with van der Waals surface area (Å²) < 4.78 is 42.2. The maximum absolute atomic E-state index is 14.7. The van der Waals surface area contributed by atoms with E-state index in [1.165, 1.54) is 24.3 Å². The van der Waals surface area contributed by atoms with Crippen LogP contribution in [0.1, 0.15) is 17.5 Å². The van der Waals surface area contributed by atoms with Gasteiger partial charge in [0.2, 0.25) is 0 Å². The molecule has 9 heteroatoms. The van der Waals surface area contributed by atoms with E-state index >= 15 is 0 Å². The predicted octanol–water partition coefficient (Wildman–Crippen LogP) is 2.65. The van der Waals surface area contributed by atoms with Crippen molar-refractivity contribution in [2.24, 2.45) is 5.73 Å². The summed E-state index contributed by atoms with van der Waals surface area (Å²) in [6.45, 7) is 3.51. The molecule has 0 radical (unpaired) electrons. The highest BCUT2D eigenvalue weighted by molar-refractivity contribution is 7.80. The van der Waals surface area contributed by atoms with Gasteiger partial charge in [0, 0.05) is 50.9 Å². The number of anilines is 1. The molecule has 0 aliphatic carbocycles. The summed E-state index contributed by atoms with van der Waals surface area (Å²) in [7, 11) is 0. The molecule has 0 bridgehead atoms. The summed E-state index contributed by atoms with van der Waals surface area (Å²) in [5.74, 6) is -1.22. The Hall–Kier alpha value is -2.36. The first-order valence-electron chi connectivity index (χ1n) is 9.40. The lowest BCUT2D eigenvalue weighted by Gasteiger charge is -2.24. The minimum absolute atomic E-state index is 0.0252. The van der Waals surface area contributed by atoms with Gasteiger partial charge in [-0.3, -0.25) is 10.3 Å². The van der Waals surface area contributed by atoms with Crippen molar-refractivity contribution in [3.05, 3.63) is 65.0 Å². The molecule has 0 amide bonds. The largest absolute Gasteiger partial charge is 0.375 e. The Bertz CT molecular complexity index is 847. The Kier molecular flexibility index (Phi) is 7.29. The molecule has 1 aliphatic rings. The fourth-order valence-corrected chi connectivity index (χ4v) is 3.47. The number of thiocarbonyl (C=S) groups is 1. The standard InChI is InChI=1S/C20H24F3N5S/c21-16-4-2-14(3-5-16)13-27-6-1-7-28(9-8-27)19-11-17(22)15(10-18(19)23)12-25-26-20(24)29/h2-5,10-11,25H,1,6-9,12-13H2,(H3,24,26,29). The van der Waals surface area contributed by atoms with Gasteiger partial charge in [0.1, 0.15) is 17.5 Å². The van der Waals surface area contributed by atoms with E-state index < -0.39 is 11.6 Å². The normalized spacial score (nSPS) is 15.2. The Morgan fingerprint density at radius 3 is 2.48 bits per heavy atom. The molecule has 2 aromatic rings. The van der Waals surface area contributed by atoms with Crippen LogP contribution in [0.15, 0.2) is 36.4 Å². The number of nitrogens with zero attached hydrogens (tertiary/aromatic N) is 2. The zero-order valence-corrected chi connectivity index (χ0v) is 16.7. The first kappa shape index (κ1) is 21.4. The average Bonchev–Trinajstić information content (AvgIpc) is 2.91. The number of benzene rings is 2. The Morgan fingerprint density at radius 1 is 1.00 bits per heavy atom. The molecule has 5 nitrogen and oxygen atoms in total. The van der Waals surface area contributed by atoms with Gasteiger partial charge in [0.15, 0.2) is 5.11 Å². The van der Waals surface area contributed by atoms with Crippen LogP contribution in [0, 0.1) is 17.5 Å². The molecule has 156 valence electrons. The lowest BCUT2D eigenvalue weighted by Crippen LogP contribution is -2.40. The fraction of sp³-hybridized carbons (Fsp3) is 0.350. The molecule has 1 aliphatic heterocycles. The predicted molar refractivity (Wildman–Crippen MR) is 112 cm³/mol. The van der Waals surface area contributed by atoms with Crippen LogP contribution >= 0.6 is 12.2 Å². The van der Waals surface area contributed by atoms with Crippen molar-refractivity contribution in [1.82, 2.24) is 15.8 Å². The van der Waals surface area contributed by atoms with Crippen molar-refractivity contribution >= 4 is 23.0 Å². The number of hydrazine groups is 1.